The Hall–Kier alpha value is -2.02. The van der Waals surface area contributed by atoms with Crippen LogP contribution in [0.2, 0.25) is 0 Å². The third-order valence-electron chi connectivity index (χ3n) is 3.24. The van der Waals surface area contributed by atoms with Crippen molar-refractivity contribution in [2.45, 2.75) is 40.2 Å². The van der Waals surface area contributed by atoms with Gasteiger partial charge in [-0.25, -0.2) is 9.97 Å². The molecule has 1 N–H and O–H groups in total. The van der Waals surface area contributed by atoms with Crippen LogP contribution in [0.1, 0.15) is 44.4 Å². The van der Waals surface area contributed by atoms with Gasteiger partial charge in [-0.2, -0.15) is 4.98 Å². The molecule has 0 amide bonds. The minimum atomic E-state index is -0.106. The van der Waals surface area contributed by atoms with Crippen LogP contribution in [-0.2, 0) is 6.42 Å². The summed E-state index contributed by atoms with van der Waals surface area (Å²) < 4.78 is 5.36. The van der Waals surface area contributed by atoms with Crippen molar-refractivity contribution in [3.05, 3.63) is 29.0 Å². The molecular weight excluding hydrogens is 298 g/mol. The van der Waals surface area contributed by atoms with Gasteiger partial charge in [0, 0.05) is 6.42 Å². The maximum Gasteiger partial charge on any atom is 0.248 e. The lowest BCUT2D eigenvalue weighted by molar-refractivity contribution is 0.361. The van der Waals surface area contributed by atoms with E-state index in [0.717, 1.165) is 34.1 Å². The lowest BCUT2D eigenvalue weighted by atomic mass is 10.1. The highest BCUT2D eigenvalue weighted by atomic mass is 32.1. The Labute approximate surface area is 133 Å². The van der Waals surface area contributed by atoms with E-state index in [4.69, 9.17) is 4.52 Å². The number of thiophene rings is 1. The van der Waals surface area contributed by atoms with Crippen molar-refractivity contribution in [3.8, 4) is 0 Å². The van der Waals surface area contributed by atoms with Crippen LogP contribution in [0.3, 0.4) is 0 Å². The van der Waals surface area contributed by atoms with Gasteiger partial charge in [0.1, 0.15) is 22.5 Å². The van der Waals surface area contributed by atoms with E-state index < -0.39 is 0 Å². The Morgan fingerprint density at radius 3 is 2.82 bits per heavy atom. The molecule has 0 fully saturated rings. The Bertz CT molecular complexity index is 779. The summed E-state index contributed by atoms with van der Waals surface area (Å²) in [6.07, 6.45) is 0.817. The van der Waals surface area contributed by atoms with Gasteiger partial charge in [0.2, 0.25) is 5.89 Å². The fraction of sp³-hybridized carbons (Fsp3) is 0.467. The van der Waals surface area contributed by atoms with Crippen molar-refractivity contribution in [1.29, 1.82) is 0 Å². The van der Waals surface area contributed by atoms with Crippen LogP contribution in [-0.4, -0.2) is 20.1 Å². The van der Waals surface area contributed by atoms with Gasteiger partial charge in [-0.15, -0.1) is 11.3 Å². The fourth-order valence-corrected chi connectivity index (χ4v) is 3.04. The van der Waals surface area contributed by atoms with Crippen LogP contribution in [0.5, 0.6) is 0 Å². The molecule has 0 bridgehead atoms. The van der Waals surface area contributed by atoms with Gasteiger partial charge in [-0.1, -0.05) is 19.0 Å². The molecule has 22 heavy (non-hydrogen) atoms. The number of hydrogen-bond acceptors (Lipinski definition) is 7. The first-order valence-corrected chi connectivity index (χ1v) is 8.21. The van der Waals surface area contributed by atoms with Gasteiger partial charge in [-0.05, 0) is 31.2 Å². The molecule has 0 saturated carbocycles. The Balaban J connectivity index is 1.82. The van der Waals surface area contributed by atoms with E-state index in [0.29, 0.717) is 11.8 Å². The van der Waals surface area contributed by atoms with E-state index in [1.807, 2.05) is 25.3 Å². The Kier molecular flexibility index (Phi) is 4.06. The minimum Gasteiger partial charge on any atom is -0.358 e. The fourth-order valence-electron chi connectivity index (χ4n) is 2.23. The van der Waals surface area contributed by atoms with Crippen LogP contribution in [0, 0.1) is 12.8 Å². The van der Waals surface area contributed by atoms with Crippen molar-refractivity contribution in [2.75, 3.05) is 5.32 Å². The molecule has 3 aromatic heterocycles. The third-order valence-corrected chi connectivity index (χ3v) is 4.04. The molecule has 3 aromatic rings. The quantitative estimate of drug-likeness (QED) is 0.772. The smallest absolute Gasteiger partial charge is 0.248 e. The summed E-state index contributed by atoms with van der Waals surface area (Å²) in [7, 11) is 0. The molecule has 0 aliphatic carbocycles. The number of anilines is 1. The molecule has 0 unspecified atom stereocenters. The van der Waals surface area contributed by atoms with Crippen molar-refractivity contribution in [2.24, 2.45) is 5.92 Å². The van der Waals surface area contributed by atoms with Crippen LogP contribution in [0.25, 0.3) is 10.2 Å². The molecule has 0 radical (unpaired) electrons. The van der Waals surface area contributed by atoms with Gasteiger partial charge < -0.3 is 9.84 Å². The molecule has 3 heterocycles. The summed E-state index contributed by atoms with van der Waals surface area (Å²) in [5, 5.41) is 10.4. The second-order valence-electron chi connectivity index (χ2n) is 5.77. The summed E-state index contributed by atoms with van der Waals surface area (Å²) in [6.45, 7) is 8.15. The molecule has 0 aliphatic rings. The molecule has 7 heteroatoms. The zero-order chi connectivity index (χ0) is 15.7. The SMILES string of the molecule is Cc1nc(N[C@H](C)c2nc(CC(C)C)no2)c2ccsc2n1. The van der Waals surface area contributed by atoms with Crippen molar-refractivity contribution < 1.29 is 4.52 Å². The molecule has 0 spiro atoms. The van der Waals surface area contributed by atoms with Crippen LogP contribution in [0.15, 0.2) is 16.0 Å². The van der Waals surface area contributed by atoms with Crippen molar-refractivity contribution in [3.63, 3.8) is 0 Å². The highest BCUT2D eigenvalue weighted by Gasteiger charge is 2.17. The molecule has 6 nitrogen and oxygen atoms in total. The van der Waals surface area contributed by atoms with E-state index in [1.165, 1.54) is 0 Å². The maximum absolute atomic E-state index is 5.36. The van der Waals surface area contributed by atoms with Gasteiger partial charge in [0.25, 0.3) is 0 Å². The summed E-state index contributed by atoms with van der Waals surface area (Å²) in [6, 6.07) is 1.91. The number of aromatic nitrogens is 4. The van der Waals surface area contributed by atoms with E-state index in [2.05, 4.69) is 39.3 Å². The number of nitrogens with one attached hydrogen (secondary N) is 1. The molecule has 116 valence electrons. The second kappa shape index (κ2) is 6.00. The lowest BCUT2D eigenvalue weighted by Gasteiger charge is -2.11. The molecule has 1 atom stereocenters. The van der Waals surface area contributed by atoms with Crippen molar-refractivity contribution >= 4 is 27.4 Å². The largest absolute Gasteiger partial charge is 0.358 e. The normalized spacial score (nSPS) is 13.0. The highest BCUT2D eigenvalue weighted by molar-refractivity contribution is 7.16. The van der Waals surface area contributed by atoms with Gasteiger partial charge in [-0.3, -0.25) is 0 Å². The van der Waals surface area contributed by atoms with E-state index >= 15 is 0 Å². The average Bonchev–Trinajstić information content (AvgIpc) is 3.06. The van der Waals surface area contributed by atoms with E-state index in [-0.39, 0.29) is 6.04 Å². The maximum atomic E-state index is 5.36. The summed E-state index contributed by atoms with van der Waals surface area (Å²) in [4.78, 5) is 14.4. The minimum absolute atomic E-state index is 0.106. The first kappa shape index (κ1) is 14.9. The van der Waals surface area contributed by atoms with Crippen LogP contribution in [0.4, 0.5) is 5.82 Å². The van der Waals surface area contributed by atoms with Crippen LogP contribution >= 0.6 is 11.3 Å². The van der Waals surface area contributed by atoms with Gasteiger partial charge in [0.15, 0.2) is 5.82 Å². The summed E-state index contributed by atoms with van der Waals surface area (Å²) in [5.41, 5.74) is 0. The van der Waals surface area contributed by atoms with E-state index in [1.54, 1.807) is 11.3 Å². The zero-order valence-corrected chi connectivity index (χ0v) is 13.9. The number of rotatable bonds is 5. The van der Waals surface area contributed by atoms with Gasteiger partial charge >= 0.3 is 0 Å². The third kappa shape index (κ3) is 3.09. The summed E-state index contributed by atoms with van der Waals surface area (Å²) >= 11 is 1.61. The number of fused-ring (bicyclic) bond motifs is 1. The molecule has 0 aliphatic heterocycles. The number of aryl methyl sites for hydroxylation is 1. The first-order chi connectivity index (χ1) is 10.5. The molecule has 0 saturated heterocycles. The predicted molar refractivity (Wildman–Crippen MR) is 87.0 cm³/mol. The predicted octanol–water partition coefficient (Wildman–Crippen LogP) is 3.75. The average molecular weight is 317 g/mol. The highest BCUT2D eigenvalue weighted by Crippen LogP contribution is 2.27. The Morgan fingerprint density at radius 2 is 2.05 bits per heavy atom. The topological polar surface area (TPSA) is 76.7 Å². The first-order valence-electron chi connectivity index (χ1n) is 7.33. The molecule has 0 aromatic carbocycles. The lowest BCUT2D eigenvalue weighted by Crippen LogP contribution is -2.09. The second-order valence-corrected chi connectivity index (χ2v) is 6.67. The monoisotopic (exact) mass is 317 g/mol. The number of nitrogens with zero attached hydrogens (tertiary/aromatic N) is 4. The molecule has 3 rings (SSSR count). The Morgan fingerprint density at radius 1 is 1.23 bits per heavy atom. The van der Waals surface area contributed by atoms with Crippen molar-refractivity contribution in [1.82, 2.24) is 20.1 Å². The number of hydrogen-bond donors (Lipinski definition) is 1. The van der Waals surface area contributed by atoms with Gasteiger partial charge in [0.05, 0.1) is 5.39 Å². The zero-order valence-electron chi connectivity index (χ0n) is 13.1. The standard InChI is InChI=1S/C15H19N5OS/c1-8(2)7-12-19-14(21-20-12)9(3)16-13-11-5-6-22-15(11)18-10(4)17-13/h5-6,8-9H,7H2,1-4H3,(H,16,17,18)/t9-/m1/s1. The molecular formula is C15H19N5OS. The summed E-state index contributed by atoms with van der Waals surface area (Å²) in [5.74, 6) is 3.38. The van der Waals surface area contributed by atoms with E-state index in [9.17, 15) is 0 Å². The van der Waals surface area contributed by atoms with Crippen LogP contribution < -0.4 is 5.32 Å².